The molecular weight excluding hydrogens is 266 g/mol. The first-order chi connectivity index (χ1) is 9.87. The molecule has 4 heteroatoms. The molecule has 0 saturated heterocycles. The molecule has 0 atom stereocenters. The van der Waals surface area contributed by atoms with Gasteiger partial charge in [0.25, 0.3) is 0 Å². The predicted molar refractivity (Wildman–Crippen MR) is 81.5 cm³/mol. The summed E-state index contributed by atoms with van der Waals surface area (Å²) in [6.07, 6.45) is -0.466. The van der Waals surface area contributed by atoms with Crippen LogP contribution in [0, 0.1) is 17.3 Å². The van der Waals surface area contributed by atoms with Crippen LogP contribution in [0.2, 0.25) is 0 Å². The van der Waals surface area contributed by atoms with Gasteiger partial charge in [0.05, 0.1) is 13.0 Å². The normalized spacial score (nSPS) is 10.2. The number of rotatable bonds is 5. The van der Waals surface area contributed by atoms with Crippen LogP contribution in [0.4, 0.5) is 4.79 Å². The molecule has 0 aliphatic carbocycles. The highest BCUT2D eigenvalue weighted by Gasteiger charge is 2.07. The van der Waals surface area contributed by atoms with Crippen molar-refractivity contribution in [2.24, 2.45) is 5.41 Å². The molecule has 1 aromatic rings. The highest BCUT2D eigenvalue weighted by atomic mass is 16.5. The smallest absolute Gasteiger partial charge is 0.407 e. The summed E-state index contributed by atoms with van der Waals surface area (Å²) >= 11 is 0. The van der Waals surface area contributed by atoms with Gasteiger partial charge in [-0.15, -0.1) is 0 Å². The first kappa shape index (κ1) is 16.8. The van der Waals surface area contributed by atoms with Gasteiger partial charge in [0.15, 0.2) is 5.78 Å². The van der Waals surface area contributed by atoms with Crippen molar-refractivity contribution >= 4 is 11.9 Å². The number of carbonyl (C=O) groups excluding carboxylic acids is 2. The van der Waals surface area contributed by atoms with E-state index in [0.29, 0.717) is 0 Å². The fraction of sp³-hybridized carbons (Fsp3) is 0.412. The number of alkyl carbamates (subject to hydrolysis) is 1. The highest BCUT2D eigenvalue weighted by molar-refractivity contribution is 5.85. The Kier molecular flexibility index (Phi) is 6.48. The molecule has 0 saturated carbocycles. The van der Waals surface area contributed by atoms with E-state index >= 15 is 0 Å². The van der Waals surface area contributed by atoms with Gasteiger partial charge in [-0.05, 0) is 26.3 Å². The Hall–Kier alpha value is -2.28. The number of carbonyl (C=O) groups is 2. The lowest BCUT2D eigenvalue weighted by molar-refractivity contribution is -0.117. The Bertz CT molecular complexity index is 533. The third-order valence-corrected chi connectivity index (χ3v) is 2.39. The van der Waals surface area contributed by atoms with Crippen molar-refractivity contribution in [3.8, 4) is 11.8 Å². The summed E-state index contributed by atoms with van der Waals surface area (Å²) in [5.74, 6) is 5.65. The summed E-state index contributed by atoms with van der Waals surface area (Å²) in [5.41, 5.74) is 0.775. The van der Waals surface area contributed by atoms with E-state index in [1.807, 2.05) is 51.1 Å². The summed E-state index contributed by atoms with van der Waals surface area (Å²) in [6.45, 7) is 6.05. The molecule has 1 aromatic carbocycles. The molecule has 0 bridgehead atoms. The molecule has 0 spiro atoms. The number of hydrogen-bond donors (Lipinski definition) is 1. The Morgan fingerprint density at radius 3 is 2.48 bits per heavy atom. The molecule has 1 rings (SSSR count). The van der Waals surface area contributed by atoms with Crippen LogP contribution in [-0.2, 0) is 16.1 Å². The van der Waals surface area contributed by atoms with Gasteiger partial charge in [-0.3, -0.25) is 4.79 Å². The van der Waals surface area contributed by atoms with E-state index in [9.17, 15) is 9.59 Å². The number of amides is 1. The maximum absolute atomic E-state index is 11.5. The standard InChI is InChI=1S/C17H21NO3/c1-17(2,3)11-7-10-15(19)12-18-16(20)21-13-14-8-5-4-6-9-14/h4-6,8-9H,10,12-13H2,1-3H3,(H,18,20). The Morgan fingerprint density at radius 1 is 1.19 bits per heavy atom. The molecule has 0 aliphatic rings. The van der Waals surface area contributed by atoms with E-state index in [2.05, 4.69) is 17.2 Å². The monoisotopic (exact) mass is 287 g/mol. The minimum Gasteiger partial charge on any atom is -0.445 e. The summed E-state index contributed by atoms with van der Waals surface area (Å²) in [6, 6.07) is 9.35. The molecular formula is C17H21NO3. The molecule has 112 valence electrons. The number of ketones is 1. The number of Topliss-reactive ketones (excluding diaryl/α,β-unsaturated/α-hetero) is 1. The second-order valence-electron chi connectivity index (χ2n) is 5.68. The average molecular weight is 287 g/mol. The van der Waals surface area contributed by atoms with Crippen molar-refractivity contribution in [3.05, 3.63) is 35.9 Å². The zero-order valence-electron chi connectivity index (χ0n) is 12.7. The SMILES string of the molecule is CC(C)(C)C#CCC(=O)CNC(=O)OCc1ccccc1. The van der Waals surface area contributed by atoms with Gasteiger partial charge >= 0.3 is 6.09 Å². The summed E-state index contributed by atoms with van der Waals surface area (Å²) < 4.78 is 5.00. The van der Waals surface area contributed by atoms with E-state index in [1.165, 1.54) is 0 Å². The lowest BCUT2D eigenvalue weighted by Gasteiger charge is -2.07. The number of nitrogens with one attached hydrogen (secondary N) is 1. The fourth-order valence-corrected chi connectivity index (χ4v) is 1.42. The molecule has 0 aliphatic heterocycles. The third kappa shape index (κ3) is 8.48. The van der Waals surface area contributed by atoms with Crippen molar-refractivity contribution in [3.63, 3.8) is 0 Å². The minimum atomic E-state index is -0.601. The van der Waals surface area contributed by atoms with E-state index in [1.54, 1.807) is 0 Å². The predicted octanol–water partition coefficient (Wildman–Crippen LogP) is 2.92. The van der Waals surface area contributed by atoms with Crippen LogP contribution in [0.5, 0.6) is 0 Å². The number of ether oxygens (including phenoxy) is 1. The van der Waals surface area contributed by atoms with Gasteiger partial charge in [0.1, 0.15) is 6.61 Å². The lowest BCUT2D eigenvalue weighted by atomic mass is 9.98. The molecule has 1 amide bonds. The van der Waals surface area contributed by atoms with Gasteiger partial charge < -0.3 is 10.1 Å². The van der Waals surface area contributed by atoms with Crippen LogP contribution in [0.25, 0.3) is 0 Å². The van der Waals surface area contributed by atoms with Gasteiger partial charge in [0, 0.05) is 5.41 Å². The van der Waals surface area contributed by atoms with Gasteiger partial charge in [0.2, 0.25) is 0 Å². The van der Waals surface area contributed by atoms with Crippen LogP contribution < -0.4 is 5.32 Å². The molecule has 0 radical (unpaired) electrons. The fourth-order valence-electron chi connectivity index (χ4n) is 1.42. The molecule has 0 aromatic heterocycles. The first-order valence-electron chi connectivity index (χ1n) is 6.83. The molecule has 4 nitrogen and oxygen atoms in total. The quantitative estimate of drug-likeness (QED) is 0.847. The largest absolute Gasteiger partial charge is 0.445 e. The Labute approximate surface area is 125 Å². The topological polar surface area (TPSA) is 55.4 Å². The van der Waals surface area contributed by atoms with Crippen LogP contribution in [0.1, 0.15) is 32.8 Å². The first-order valence-corrected chi connectivity index (χ1v) is 6.83. The van der Waals surface area contributed by atoms with Crippen LogP contribution in [-0.4, -0.2) is 18.4 Å². The second kappa shape index (κ2) is 8.11. The van der Waals surface area contributed by atoms with Gasteiger partial charge in [-0.1, -0.05) is 42.2 Å². The van der Waals surface area contributed by atoms with Crippen molar-refractivity contribution in [1.29, 1.82) is 0 Å². The maximum Gasteiger partial charge on any atom is 0.407 e. The van der Waals surface area contributed by atoms with E-state index < -0.39 is 6.09 Å². The zero-order valence-corrected chi connectivity index (χ0v) is 12.7. The van der Waals surface area contributed by atoms with Crippen molar-refractivity contribution in [2.45, 2.75) is 33.8 Å². The highest BCUT2D eigenvalue weighted by Crippen LogP contribution is 2.09. The van der Waals surface area contributed by atoms with E-state index in [-0.39, 0.29) is 30.8 Å². The van der Waals surface area contributed by atoms with Crippen LogP contribution >= 0.6 is 0 Å². The van der Waals surface area contributed by atoms with Crippen molar-refractivity contribution in [2.75, 3.05) is 6.54 Å². The maximum atomic E-state index is 11.5. The lowest BCUT2D eigenvalue weighted by Crippen LogP contribution is -2.29. The van der Waals surface area contributed by atoms with Crippen molar-refractivity contribution < 1.29 is 14.3 Å². The molecule has 0 fully saturated rings. The van der Waals surface area contributed by atoms with Crippen LogP contribution in [0.15, 0.2) is 30.3 Å². The van der Waals surface area contributed by atoms with E-state index in [0.717, 1.165) is 5.56 Å². The second-order valence-corrected chi connectivity index (χ2v) is 5.68. The number of hydrogen-bond acceptors (Lipinski definition) is 3. The average Bonchev–Trinajstić information content (AvgIpc) is 2.42. The Balaban J connectivity index is 2.23. The molecule has 21 heavy (non-hydrogen) atoms. The third-order valence-electron chi connectivity index (χ3n) is 2.39. The molecule has 0 heterocycles. The minimum absolute atomic E-state index is 0.0630. The molecule has 0 unspecified atom stereocenters. The van der Waals surface area contributed by atoms with E-state index in [4.69, 9.17) is 4.74 Å². The Morgan fingerprint density at radius 2 is 1.86 bits per heavy atom. The number of benzene rings is 1. The van der Waals surface area contributed by atoms with Crippen LogP contribution in [0.3, 0.4) is 0 Å². The zero-order chi connectivity index (χ0) is 15.7. The summed E-state index contributed by atoms with van der Waals surface area (Å²) in [4.78, 5) is 23.0. The van der Waals surface area contributed by atoms with Gasteiger partial charge in [-0.25, -0.2) is 4.79 Å². The summed E-state index contributed by atoms with van der Waals surface area (Å²) in [7, 11) is 0. The summed E-state index contributed by atoms with van der Waals surface area (Å²) in [5, 5.41) is 2.42. The van der Waals surface area contributed by atoms with Crippen molar-refractivity contribution in [1.82, 2.24) is 5.32 Å². The molecule has 1 N–H and O–H groups in total. The van der Waals surface area contributed by atoms with Gasteiger partial charge in [-0.2, -0.15) is 0 Å².